The summed E-state index contributed by atoms with van der Waals surface area (Å²) in [5.41, 5.74) is 2.21. The fourth-order valence-electron chi connectivity index (χ4n) is 3.77. The van der Waals surface area contributed by atoms with Crippen molar-refractivity contribution in [2.24, 2.45) is 0 Å². The van der Waals surface area contributed by atoms with E-state index in [1.807, 2.05) is 18.2 Å². The standard InChI is InChI=1S/C23H19ClN6O3/c24-17-5-7-18(8-6-17)30-21(16-3-1-9-25-15-16)20(26-27-30)23(32)29-12-10-28(11-13-29)22(31)19-4-2-14-33-19/h1-9,14-15H,10-13H2. The Labute approximate surface area is 194 Å². The number of hydrogen-bond acceptors (Lipinski definition) is 6. The number of benzene rings is 1. The zero-order valence-corrected chi connectivity index (χ0v) is 18.2. The lowest BCUT2D eigenvalue weighted by molar-refractivity contribution is 0.0515. The van der Waals surface area contributed by atoms with Crippen molar-refractivity contribution in [1.82, 2.24) is 29.8 Å². The summed E-state index contributed by atoms with van der Waals surface area (Å²) in [5.74, 6) is -0.143. The minimum Gasteiger partial charge on any atom is -0.459 e. The fraction of sp³-hybridized carbons (Fsp3) is 0.174. The zero-order chi connectivity index (χ0) is 22.8. The number of halogens is 1. The molecule has 1 aromatic carbocycles. The Morgan fingerprint density at radius 3 is 2.27 bits per heavy atom. The van der Waals surface area contributed by atoms with Gasteiger partial charge in [-0.3, -0.25) is 14.6 Å². The predicted molar refractivity (Wildman–Crippen MR) is 120 cm³/mol. The van der Waals surface area contributed by atoms with Gasteiger partial charge in [0.15, 0.2) is 11.5 Å². The van der Waals surface area contributed by atoms with Crippen molar-refractivity contribution in [2.45, 2.75) is 0 Å². The van der Waals surface area contributed by atoms with Crippen molar-refractivity contribution < 1.29 is 14.0 Å². The molecule has 1 aliphatic heterocycles. The highest BCUT2D eigenvalue weighted by molar-refractivity contribution is 6.30. The van der Waals surface area contributed by atoms with Gasteiger partial charge in [0.2, 0.25) is 0 Å². The first-order valence-electron chi connectivity index (χ1n) is 10.4. The van der Waals surface area contributed by atoms with Crippen LogP contribution in [0.1, 0.15) is 21.0 Å². The Bertz CT molecular complexity index is 1260. The van der Waals surface area contributed by atoms with E-state index in [2.05, 4.69) is 15.3 Å². The van der Waals surface area contributed by atoms with Gasteiger partial charge in [-0.2, -0.15) is 0 Å². The molecule has 4 heterocycles. The van der Waals surface area contributed by atoms with Crippen LogP contribution in [0, 0.1) is 0 Å². The van der Waals surface area contributed by atoms with Crippen LogP contribution >= 0.6 is 11.6 Å². The highest BCUT2D eigenvalue weighted by atomic mass is 35.5. The van der Waals surface area contributed by atoms with E-state index in [0.717, 1.165) is 5.69 Å². The summed E-state index contributed by atoms with van der Waals surface area (Å²) < 4.78 is 6.81. The maximum absolute atomic E-state index is 13.4. The summed E-state index contributed by atoms with van der Waals surface area (Å²) in [6.07, 6.45) is 4.80. The van der Waals surface area contributed by atoms with Crippen LogP contribution in [0.25, 0.3) is 16.9 Å². The molecule has 0 unspecified atom stereocenters. The van der Waals surface area contributed by atoms with Crippen LogP contribution in [-0.2, 0) is 0 Å². The first kappa shape index (κ1) is 20.9. The number of aromatic nitrogens is 4. The SMILES string of the molecule is O=C(c1ccco1)N1CCN(C(=O)c2nnn(-c3ccc(Cl)cc3)c2-c2cccnc2)CC1. The van der Waals surface area contributed by atoms with Gasteiger partial charge in [0, 0.05) is 49.2 Å². The number of nitrogens with zero attached hydrogens (tertiary/aromatic N) is 6. The van der Waals surface area contributed by atoms with Gasteiger partial charge in [-0.15, -0.1) is 5.10 Å². The van der Waals surface area contributed by atoms with Gasteiger partial charge in [0.1, 0.15) is 5.69 Å². The molecule has 2 amide bonds. The molecule has 10 heteroatoms. The Hall–Kier alpha value is -3.98. The molecule has 0 radical (unpaired) electrons. The molecule has 3 aromatic heterocycles. The summed E-state index contributed by atoms with van der Waals surface area (Å²) in [7, 11) is 0. The van der Waals surface area contributed by atoms with Crippen LogP contribution in [0.5, 0.6) is 0 Å². The first-order chi connectivity index (χ1) is 16.1. The second-order valence-electron chi connectivity index (χ2n) is 7.48. The van der Waals surface area contributed by atoms with Crippen LogP contribution in [0.2, 0.25) is 5.02 Å². The lowest BCUT2D eigenvalue weighted by atomic mass is 10.1. The highest BCUT2D eigenvalue weighted by Gasteiger charge is 2.30. The Balaban J connectivity index is 1.42. The summed E-state index contributed by atoms with van der Waals surface area (Å²) in [6.45, 7) is 1.56. The van der Waals surface area contributed by atoms with Crippen molar-refractivity contribution in [3.05, 3.63) is 83.7 Å². The molecule has 0 saturated carbocycles. The number of pyridine rings is 1. The second kappa shape index (κ2) is 8.87. The van der Waals surface area contributed by atoms with Crippen LogP contribution in [-0.4, -0.2) is 67.8 Å². The largest absolute Gasteiger partial charge is 0.459 e. The molecule has 0 aliphatic carbocycles. The average Bonchev–Trinajstić information content (AvgIpc) is 3.55. The smallest absolute Gasteiger partial charge is 0.289 e. The van der Waals surface area contributed by atoms with Gasteiger partial charge in [-0.1, -0.05) is 16.8 Å². The number of carbonyl (C=O) groups is 2. The van der Waals surface area contributed by atoms with Crippen LogP contribution in [0.3, 0.4) is 0 Å². The minimum absolute atomic E-state index is 0.183. The number of amides is 2. The Morgan fingerprint density at radius 1 is 0.909 bits per heavy atom. The van der Waals surface area contributed by atoms with Crippen LogP contribution in [0.4, 0.5) is 0 Å². The molecule has 0 spiro atoms. The molecular weight excluding hydrogens is 444 g/mol. The molecule has 9 nitrogen and oxygen atoms in total. The molecule has 33 heavy (non-hydrogen) atoms. The minimum atomic E-state index is -0.251. The summed E-state index contributed by atoms with van der Waals surface area (Å²) in [6, 6.07) is 14.1. The van der Waals surface area contributed by atoms with Gasteiger partial charge in [-0.25, -0.2) is 4.68 Å². The molecule has 0 N–H and O–H groups in total. The molecule has 0 bridgehead atoms. The molecule has 4 aromatic rings. The third-order valence-electron chi connectivity index (χ3n) is 5.47. The molecule has 1 saturated heterocycles. The maximum atomic E-state index is 13.4. The highest BCUT2D eigenvalue weighted by Crippen LogP contribution is 2.26. The van der Waals surface area contributed by atoms with Gasteiger partial charge in [-0.05, 0) is 48.5 Å². The van der Waals surface area contributed by atoms with Crippen LogP contribution in [0.15, 0.2) is 71.6 Å². The number of furan rings is 1. The third-order valence-corrected chi connectivity index (χ3v) is 5.72. The number of piperazine rings is 1. The summed E-state index contributed by atoms with van der Waals surface area (Å²) in [5, 5.41) is 9.08. The Morgan fingerprint density at radius 2 is 1.64 bits per heavy atom. The first-order valence-corrected chi connectivity index (χ1v) is 10.7. The van der Waals surface area contributed by atoms with E-state index < -0.39 is 0 Å². The second-order valence-corrected chi connectivity index (χ2v) is 7.91. The normalized spacial score (nSPS) is 13.8. The van der Waals surface area contributed by atoms with E-state index in [-0.39, 0.29) is 17.5 Å². The van der Waals surface area contributed by atoms with Gasteiger partial charge in [0.05, 0.1) is 12.0 Å². The monoisotopic (exact) mass is 462 g/mol. The van der Waals surface area contributed by atoms with Crippen molar-refractivity contribution >= 4 is 23.4 Å². The Kier molecular flexibility index (Phi) is 5.62. The quantitative estimate of drug-likeness (QED) is 0.462. The molecular formula is C23H19ClN6O3. The van der Waals surface area contributed by atoms with Gasteiger partial charge in [0.25, 0.3) is 11.8 Å². The van der Waals surface area contributed by atoms with E-state index in [0.29, 0.717) is 48.2 Å². The molecule has 0 atom stereocenters. The fourth-order valence-corrected chi connectivity index (χ4v) is 3.90. The number of rotatable bonds is 4. The molecule has 166 valence electrons. The summed E-state index contributed by atoms with van der Waals surface area (Å²) >= 11 is 6.03. The van der Waals surface area contributed by atoms with Crippen molar-refractivity contribution in [2.75, 3.05) is 26.2 Å². The summed E-state index contributed by atoms with van der Waals surface area (Å²) in [4.78, 5) is 33.5. The van der Waals surface area contributed by atoms with E-state index in [4.69, 9.17) is 16.0 Å². The third kappa shape index (κ3) is 4.10. The van der Waals surface area contributed by atoms with Crippen molar-refractivity contribution in [3.63, 3.8) is 0 Å². The van der Waals surface area contributed by atoms with E-state index in [1.165, 1.54) is 6.26 Å². The van der Waals surface area contributed by atoms with E-state index in [1.54, 1.807) is 57.2 Å². The van der Waals surface area contributed by atoms with E-state index in [9.17, 15) is 9.59 Å². The zero-order valence-electron chi connectivity index (χ0n) is 17.5. The van der Waals surface area contributed by atoms with E-state index >= 15 is 0 Å². The average molecular weight is 463 g/mol. The molecule has 1 aliphatic rings. The predicted octanol–water partition coefficient (Wildman–Crippen LogP) is 3.17. The van der Waals surface area contributed by atoms with Gasteiger partial charge >= 0.3 is 0 Å². The number of carbonyl (C=O) groups excluding carboxylic acids is 2. The molecule has 5 rings (SSSR count). The van der Waals surface area contributed by atoms with Crippen LogP contribution < -0.4 is 0 Å². The van der Waals surface area contributed by atoms with Crippen molar-refractivity contribution in [3.8, 4) is 16.9 Å². The lowest BCUT2D eigenvalue weighted by Crippen LogP contribution is -2.50. The molecule has 1 fully saturated rings. The van der Waals surface area contributed by atoms with Gasteiger partial charge < -0.3 is 14.2 Å². The number of hydrogen-bond donors (Lipinski definition) is 0. The van der Waals surface area contributed by atoms with Crippen molar-refractivity contribution in [1.29, 1.82) is 0 Å². The topological polar surface area (TPSA) is 97.4 Å². The lowest BCUT2D eigenvalue weighted by Gasteiger charge is -2.34. The maximum Gasteiger partial charge on any atom is 0.289 e.